The van der Waals surface area contributed by atoms with Crippen LogP contribution in [0.5, 0.6) is 0 Å². The normalized spacial score (nSPS) is 23.6. The Bertz CT molecular complexity index is 399. The molecule has 0 aromatic carbocycles. The average Bonchev–Trinajstić information content (AvgIpc) is 2.14. The number of allylic oxidation sites excluding steroid dienone is 3. The Morgan fingerprint density at radius 1 is 1.14 bits per heavy atom. The van der Waals surface area contributed by atoms with Crippen molar-refractivity contribution in [3.05, 3.63) is 46.8 Å². The minimum absolute atomic E-state index is 1.13. The number of aryl methyl sites for hydroxylation is 1. The lowest BCUT2D eigenvalue weighted by atomic mass is 9.96. The summed E-state index contributed by atoms with van der Waals surface area (Å²) in [5, 5.41) is 0. The fourth-order valence-corrected chi connectivity index (χ4v) is 1.87. The van der Waals surface area contributed by atoms with E-state index in [4.69, 9.17) is 0 Å². The summed E-state index contributed by atoms with van der Waals surface area (Å²) in [4.78, 5) is 4.16. The highest BCUT2D eigenvalue weighted by Crippen LogP contribution is 2.20. The smallest absolute Gasteiger partial charge is 0.0343 e. The number of fused-ring (bicyclic) bond motifs is 1. The molecule has 1 aromatic heterocycles. The molecule has 0 N–H and O–H groups in total. The Labute approximate surface area is 85.2 Å². The van der Waals surface area contributed by atoms with Gasteiger partial charge in [-0.15, -0.1) is 0 Å². The molecule has 0 radical (unpaired) electrons. The molecule has 0 bridgehead atoms. The Morgan fingerprint density at radius 2 is 2.00 bits per heavy atom. The molecule has 0 spiro atoms. The maximum atomic E-state index is 4.16. The fourth-order valence-electron chi connectivity index (χ4n) is 1.87. The van der Waals surface area contributed by atoms with Crippen LogP contribution in [-0.4, -0.2) is 4.98 Å². The van der Waals surface area contributed by atoms with Gasteiger partial charge in [-0.1, -0.05) is 23.3 Å². The first-order valence-electron chi connectivity index (χ1n) is 5.04. The van der Waals surface area contributed by atoms with Gasteiger partial charge in [0.05, 0.1) is 0 Å². The highest BCUT2D eigenvalue weighted by Gasteiger charge is 2.03. The fraction of sp³-hybridized carbons (Fsp3) is 0.308. The second-order valence-electron chi connectivity index (χ2n) is 3.95. The van der Waals surface area contributed by atoms with Crippen LogP contribution in [0.3, 0.4) is 0 Å². The third-order valence-corrected chi connectivity index (χ3v) is 2.59. The predicted molar refractivity (Wildman–Crippen MR) is 60.0 cm³/mol. The lowest BCUT2D eigenvalue weighted by Crippen LogP contribution is -1.95. The Balaban J connectivity index is 2.48. The van der Waals surface area contributed by atoms with Crippen LogP contribution >= 0.6 is 0 Å². The summed E-state index contributed by atoms with van der Waals surface area (Å²) in [6.45, 7) is 4.34. The van der Waals surface area contributed by atoms with Crippen LogP contribution in [0.15, 0.2) is 35.7 Å². The zero-order valence-corrected chi connectivity index (χ0v) is 8.75. The van der Waals surface area contributed by atoms with Crippen LogP contribution in [0, 0.1) is 0 Å². The third-order valence-electron chi connectivity index (χ3n) is 2.59. The highest BCUT2D eigenvalue weighted by molar-refractivity contribution is 5.58. The monoisotopic (exact) mass is 185 g/mol. The van der Waals surface area contributed by atoms with E-state index in [1.165, 1.54) is 22.3 Å². The molecule has 0 amide bonds. The van der Waals surface area contributed by atoms with Gasteiger partial charge in [0.2, 0.25) is 0 Å². The van der Waals surface area contributed by atoms with Crippen molar-refractivity contribution in [2.75, 3.05) is 0 Å². The Morgan fingerprint density at radius 3 is 2.86 bits per heavy atom. The summed E-state index contributed by atoms with van der Waals surface area (Å²) < 4.78 is 0. The van der Waals surface area contributed by atoms with Crippen LogP contribution in [0.1, 0.15) is 31.4 Å². The molecule has 0 fully saturated rings. The molecule has 0 saturated heterocycles. The van der Waals surface area contributed by atoms with E-state index in [2.05, 4.69) is 37.0 Å². The first kappa shape index (κ1) is 9.20. The molecule has 0 atom stereocenters. The number of aromatic nitrogens is 1. The molecule has 1 aromatic rings. The number of rotatable bonds is 0. The Kier molecular flexibility index (Phi) is 2.49. The molecule has 1 heterocycles. The largest absolute Gasteiger partial charge is 0.264 e. The van der Waals surface area contributed by atoms with Gasteiger partial charge >= 0.3 is 0 Å². The molecule has 14 heavy (non-hydrogen) atoms. The van der Waals surface area contributed by atoms with E-state index in [9.17, 15) is 0 Å². The number of hydrogen-bond donors (Lipinski definition) is 0. The standard InChI is InChI=1S/C13H15N/c1-10-3-4-12-5-6-14-9-13(12)8-11(2)7-10/h5-9H,3-4H2,1-2H3/b10-7+,11-8-. The first-order valence-corrected chi connectivity index (χ1v) is 5.04. The zero-order valence-electron chi connectivity index (χ0n) is 8.75. The molecular formula is C13H15N. The molecule has 0 saturated carbocycles. The summed E-state index contributed by atoms with van der Waals surface area (Å²) in [6, 6.07) is 2.12. The van der Waals surface area contributed by atoms with Gasteiger partial charge < -0.3 is 0 Å². The quantitative estimate of drug-likeness (QED) is 0.604. The van der Waals surface area contributed by atoms with E-state index in [1.807, 2.05) is 12.4 Å². The maximum Gasteiger partial charge on any atom is 0.0343 e. The van der Waals surface area contributed by atoms with Crippen molar-refractivity contribution in [1.29, 1.82) is 0 Å². The van der Waals surface area contributed by atoms with E-state index in [0.29, 0.717) is 0 Å². The minimum Gasteiger partial charge on any atom is -0.264 e. The van der Waals surface area contributed by atoms with Gasteiger partial charge in [0.15, 0.2) is 0 Å². The molecule has 0 unspecified atom stereocenters. The van der Waals surface area contributed by atoms with Crippen molar-refractivity contribution >= 4 is 6.08 Å². The van der Waals surface area contributed by atoms with Crippen molar-refractivity contribution < 1.29 is 0 Å². The van der Waals surface area contributed by atoms with E-state index < -0.39 is 0 Å². The van der Waals surface area contributed by atoms with Crippen LogP contribution in [0.2, 0.25) is 0 Å². The van der Waals surface area contributed by atoms with Crippen LogP contribution in [-0.2, 0) is 6.42 Å². The minimum atomic E-state index is 1.13. The van der Waals surface area contributed by atoms with Crippen molar-refractivity contribution in [2.24, 2.45) is 0 Å². The first-order chi connectivity index (χ1) is 6.75. The molecule has 1 heteroatoms. The van der Waals surface area contributed by atoms with Gasteiger partial charge in [0.1, 0.15) is 0 Å². The molecule has 0 aliphatic heterocycles. The predicted octanol–water partition coefficient (Wildman–Crippen LogP) is 3.38. The van der Waals surface area contributed by atoms with Gasteiger partial charge in [-0.05, 0) is 43.9 Å². The molecular weight excluding hydrogens is 170 g/mol. The van der Waals surface area contributed by atoms with Crippen LogP contribution in [0.4, 0.5) is 0 Å². The zero-order chi connectivity index (χ0) is 9.97. The van der Waals surface area contributed by atoms with Crippen LogP contribution in [0.25, 0.3) is 6.08 Å². The number of nitrogens with zero attached hydrogens (tertiary/aromatic N) is 1. The second-order valence-corrected chi connectivity index (χ2v) is 3.95. The summed E-state index contributed by atoms with van der Waals surface area (Å²) in [5.41, 5.74) is 5.46. The lowest BCUT2D eigenvalue weighted by Gasteiger charge is -2.10. The van der Waals surface area contributed by atoms with Gasteiger partial charge in [0.25, 0.3) is 0 Å². The highest BCUT2D eigenvalue weighted by atomic mass is 14.6. The van der Waals surface area contributed by atoms with E-state index in [1.54, 1.807) is 0 Å². The van der Waals surface area contributed by atoms with E-state index in [0.717, 1.165) is 12.8 Å². The van der Waals surface area contributed by atoms with Gasteiger partial charge in [-0.25, -0.2) is 0 Å². The molecule has 1 nitrogen and oxygen atoms in total. The van der Waals surface area contributed by atoms with Gasteiger partial charge in [-0.3, -0.25) is 4.98 Å². The number of pyridine rings is 1. The summed E-state index contributed by atoms with van der Waals surface area (Å²) in [6.07, 6.45) is 10.6. The maximum absolute atomic E-state index is 4.16. The molecule has 72 valence electrons. The Hall–Kier alpha value is -1.37. The molecule has 1 aliphatic rings. The molecule has 2 rings (SSSR count). The summed E-state index contributed by atoms with van der Waals surface area (Å²) in [5.74, 6) is 0. The third kappa shape index (κ3) is 1.92. The second kappa shape index (κ2) is 3.79. The van der Waals surface area contributed by atoms with Crippen molar-refractivity contribution in [3.63, 3.8) is 0 Å². The van der Waals surface area contributed by atoms with E-state index >= 15 is 0 Å². The van der Waals surface area contributed by atoms with Crippen molar-refractivity contribution in [2.45, 2.75) is 26.7 Å². The summed E-state index contributed by atoms with van der Waals surface area (Å²) >= 11 is 0. The van der Waals surface area contributed by atoms with Crippen molar-refractivity contribution in [3.8, 4) is 0 Å². The summed E-state index contributed by atoms with van der Waals surface area (Å²) in [7, 11) is 0. The van der Waals surface area contributed by atoms with E-state index in [-0.39, 0.29) is 0 Å². The van der Waals surface area contributed by atoms with Crippen LogP contribution < -0.4 is 0 Å². The average molecular weight is 185 g/mol. The SMILES string of the molecule is CC1=C/c2cnccc2CC\C(C)=C\1. The number of hydrogen-bond acceptors (Lipinski definition) is 1. The molecule has 1 aliphatic carbocycles. The van der Waals surface area contributed by atoms with Gasteiger partial charge in [0, 0.05) is 12.4 Å². The van der Waals surface area contributed by atoms with Crippen molar-refractivity contribution in [1.82, 2.24) is 4.98 Å². The lowest BCUT2D eigenvalue weighted by molar-refractivity contribution is 0.928. The topological polar surface area (TPSA) is 12.9 Å². The van der Waals surface area contributed by atoms with Gasteiger partial charge in [-0.2, -0.15) is 0 Å².